The topological polar surface area (TPSA) is 55.2 Å². The summed E-state index contributed by atoms with van der Waals surface area (Å²) in [7, 11) is 0. The average molecular weight is 444 g/mol. The number of carbonyl (C=O) groups is 1. The van der Waals surface area contributed by atoms with E-state index in [0.717, 1.165) is 22.5 Å². The molecule has 0 aliphatic heterocycles. The van der Waals surface area contributed by atoms with Gasteiger partial charge in [-0.2, -0.15) is 0 Å². The highest BCUT2D eigenvalue weighted by Crippen LogP contribution is 2.25. The first-order valence-electron chi connectivity index (χ1n) is 10.6. The Morgan fingerprint density at radius 3 is 2.31 bits per heavy atom. The highest BCUT2D eigenvalue weighted by atomic mass is 32.2. The minimum Gasteiger partial charge on any atom is -0.312 e. The van der Waals surface area contributed by atoms with Gasteiger partial charge in [0.2, 0.25) is 5.91 Å². The fraction of sp³-hybridized carbons (Fsp3) is 0.192. The number of anilines is 1. The first-order chi connectivity index (χ1) is 15.5. The molecule has 0 unspecified atom stereocenters. The number of aromatic nitrogens is 2. The van der Waals surface area contributed by atoms with Crippen LogP contribution in [0.3, 0.4) is 0 Å². The lowest BCUT2D eigenvalue weighted by Gasteiger charge is -2.23. The van der Waals surface area contributed by atoms with Crippen molar-refractivity contribution in [2.75, 3.05) is 17.2 Å². The zero-order valence-electron chi connectivity index (χ0n) is 18.4. The van der Waals surface area contributed by atoms with E-state index in [1.165, 1.54) is 11.8 Å². The number of hydrogen-bond acceptors (Lipinski definition) is 4. The molecule has 4 aromatic rings. The average Bonchev–Trinajstić information content (AvgIpc) is 2.80. The molecule has 0 saturated carbocycles. The number of amides is 1. The second-order valence-corrected chi connectivity index (χ2v) is 8.49. The van der Waals surface area contributed by atoms with Crippen molar-refractivity contribution in [3.8, 4) is 5.69 Å². The number of benzene rings is 3. The van der Waals surface area contributed by atoms with E-state index in [2.05, 4.69) is 0 Å². The van der Waals surface area contributed by atoms with Crippen LogP contribution in [-0.2, 0) is 4.79 Å². The van der Waals surface area contributed by atoms with Crippen LogP contribution in [0.2, 0.25) is 0 Å². The van der Waals surface area contributed by atoms with Crippen LogP contribution in [0.15, 0.2) is 82.7 Å². The van der Waals surface area contributed by atoms with E-state index in [1.54, 1.807) is 15.5 Å². The van der Waals surface area contributed by atoms with Crippen molar-refractivity contribution in [1.82, 2.24) is 9.55 Å². The molecule has 0 aliphatic rings. The summed E-state index contributed by atoms with van der Waals surface area (Å²) in [5.41, 5.74) is 4.19. The molecular weight excluding hydrogens is 418 g/mol. The van der Waals surface area contributed by atoms with Crippen LogP contribution < -0.4 is 10.5 Å². The molecule has 0 fully saturated rings. The van der Waals surface area contributed by atoms with Gasteiger partial charge in [0, 0.05) is 12.2 Å². The molecular formula is C26H25N3O2S. The SMILES string of the molecule is CCN(C(=O)CSc1nc2ccccc2c(=O)n1-c1ccccc1C)c1ccccc1C. The van der Waals surface area contributed by atoms with E-state index >= 15 is 0 Å². The van der Waals surface area contributed by atoms with E-state index in [0.29, 0.717) is 22.6 Å². The predicted molar refractivity (Wildman–Crippen MR) is 132 cm³/mol. The second-order valence-electron chi connectivity index (χ2n) is 7.55. The van der Waals surface area contributed by atoms with Crippen molar-refractivity contribution in [2.45, 2.75) is 25.9 Å². The molecule has 0 bridgehead atoms. The quantitative estimate of drug-likeness (QED) is 0.306. The largest absolute Gasteiger partial charge is 0.312 e. The maximum Gasteiger partial charge on any atom is 0.266 e. The lowest BCUT2D eigenvalue weighted by atomic mass is 10.2. The van der Waals surface area contributed by atoms with Crippen molar-refractivity contribution in [3.05, 3.63) is 94.3 Å². The first kappa shape index (κ1) is 21.8. The predicted octanol–water partition coefficient (Wildman–Crippen LogP) is 5.15. The van der Waals surface area contributed by atoms with Crippen LogP contribution in [0.1, 0.15) is 18.1 Å². The van der Waals surface area contributed by atoms with Gasteiger partial charge in [0.15, 0.2) is 5.16 Å². The minimum absolute atomic E-state index is 0.0226. The van der Waals surface area contributed by atoms with Gasteiger partial charge in [0.25, 0.3) is 5.56 Å². The van der Waals surface area contributed by atoms with E-state index in [-0.39, 0.29) is 17.2 Å². The number of aryl methyl sites for hydroxylation is 2. The van der Waals surface area contributed by atoms with Gasteiger partial charge >= 0.3 is 0 Å². The van der Waals surface area contributed by atoms with Gasteiger partial charge in [-0.05, 0) is 56.2 Å². The Morgan fingerprint density at radius 2 is 1.59 bits per heavy atom. The highest BCUT2D eigenvalue weighted by molar-refractivity contribution is 7.99. The number of carbonyl (C=O) groups excluding carboxylic acids is 1. The number of hydrogen-bond donors (Lipinski definition) is 0. The van der Waals surface area contributed by atoms with Crippen LogP contribution >= 0.6 is 11.8 Å². The lowest BCUT2D eigenvalue weighted by molar-refractivity contribution is -0.116. The van der Waals surface area contributed by atoms with Crippen LogP contribution in [0.4, 0.5) is 5.69 Å². The lowest BCUT2D eigenvalue weighted by Crippen LogP contribution is -2.33. The zero-order chi connectivity index (χ0) is 22.7. The molecule has 32 heavy (non-hydrogen) atoms. The molecule has 6 heteroatoms. The monoisotopic (exact) mass is 443 g/mol. The number of rotatable bonds is 6. The van der Waals surface area contributed by atoms with Crippen molar-refractivity contribution >= 4 is 34.3 Å². The fourth-order valence-corrected chi connectivity index (χ4v) is 4.67. The van der Waals surface area contributed by atoms with Gasteiger partial charge in [-0.1, -0.05) is 60.3 Å². The summed E-state index contributed by atoms with van der Waals surface area (Å²) in [5.74, 6) is 0.157. The molecule has 0 aliphatic carbocycles. The summed E-state index contributed by atoms with van der Waals surface area (Å²) in [4.78, 5) is 33.1. The number of thioether (sulfide) groups is 1. The third kappa shape index (κ3) is 4.18. The molecule has 5 nitrogen and oxygen atoms in total. The minimum atomic E-state index is -0.133. The fourth-order valence-electron chi connectivity index (χ4n) is 3.79. The summed E-state index contributed by atoms with van der Waals surface area (Å²) >= 11 is 1.29. The smallest absolute Gasteiger partial charge is 0.266 e. The molecule has 4 rings (SSSR count). The van der Waals surface area contributed by atoms with E-state index in [4.69, 9.17) is 4.98 Å². The van der Waals surface area contributed by atoms with E-state index in [9.17, 15) is 9.59 Å². The second kappa shape index (κ2) is 9.40. The third-order valence-corrected chi connectivity index (χ3v) is 6.37. The van der Waals surface area contributed by atoms with Crippen LogP contribution in [0.5, 0.6) is 0 Å². The maximum atomic E-state index is 13.4. The standard InChI is InChI=1S/C26H25N3O2S/c1-4-28(22-15-9-5-11-18(22)2)24(30)17-32-26-27-21-14-8-7-13-20(21)25(31)29(26)23-16-10-6-12-19(23)3/h5-16H,4,17H2,1-3H3. The van der Waals surface area contributed by atoms with Crippen molar-refractivity contribution in [1.29, 1.82) is 0 Å². The summed E-state index contributed by atoms with van der Waals surface area (Å²) in [6.07, 6.45) is 0. The summed E-state index contributed by atoms with van der Waals surface area (Å²) in [6, 6.07) is 22.9. The Balaban J connectivity index is 1.73. The number of fused-ring (bicyclic) bond motifs is 1. The Labute approximate surface area is 191 Å². The maximum absolute atomic E-state index is 13.4. The van der Waals surface area contributed by atoms with Crippen LogP contribution in [-0.4, -0.2) is 27.8 Å². The van der Waals surface area contributed by atoms with E-state index in [1.807, 2.05) is 87.5 Å². The van der Waals surface area contributed by atoms with Gasteiger partial charge in [-0.15, -0.1) is 0 Å². The van der Waals surface area contributed by atoms with Gasteiger partial charge in [0.1, 0.15) is 0 Å². The third-order valence-electron chi connectivity index (χ3n) is 5.45. The van der Waals surface area contributed by atoms with Gasteiger partial charge in [-0.3, -0.25) is 14.2 Å². The summed E-state index contributed by atoms with van der Waals surface area (Å²) in [6.45, 7) is 6.50. The van der Waals surface area contributed by atoms with Gasteiger partial charge < -0.3 is 4.90 Å². The van der Waals surface area contributed by atoms with Crippen molar-refractivity contribution in [3.63, 3.8) is 0 Å². The van der Waals surface area contributed by atoms with Crippen LogP contribution in [0.25, 0.3) is 16.6 Å². The van der Waals surface area contributed by atoms with Crippen LogP contribution in [0, 0.1) is 13.8 Å². The Bertz CT molecular complexity index is 1350. The molecule has 3 aromatic carbocycles. The Kier molecular flexibility index (Phi) is 6.42. The molecule has 0 radical (unpaired) electrons. The summed E-state index contributed by atoms with van der Waals surface area (Å²) in [5, 5.41) is 1.07. The zero-order valence-corrected chi connectivity index (χ0v) is 19.2. The molecule has 0 atom stereocenters. The Morgan fingerprint density at radius 1 is 0.938 bits per heavy atom. The van der Waals surface area contributed by atoms with Gasteiger partial charge in [-0.25, -0.2) is 4.98 Å². The van der Waals surface area contributed by atoms with E-state index < -0.39 is 0 Å². The van der Waals surface area contributed by atoms with Crippen molar-refractivity contribution in [2.24, 2.45) is 0 Å². The molecule has 0 spiro atoms. The Hall–Kier alpha value is -3.38. The first-order valence-corrected chi connectivity index (χ1v) is 11.6. The molecule has 0 saturated heterocycles. The van der Waals surface area contributed by atoms with Gasteiger partial charge in [0.05, 0.1) is 22.3 Å². The number of nitrogens with zero attached hydrogens (tertiary/aromatic N) is 3. The van der Waals surface area contributed by atoms with Crippen molar-refractivity contribution < 1.29 is 4.79 Å². The molecule has 1 amide bonds. The number of para-hydroxylation sites is 3. The molecule has 0 N–H and O–H groups in total. The molecule has 1 heterocycles. The summed E-state index contributed by atoms with van der Waals surface area (Å²) < 4.78 is 1.62. The molecule has 162 valence electrons. The molecule has 1 aromatic heterocycles. The normalized spacial score (nSPS) is 11.0. The highest BCUT2D eigenvalue weighted by Gasteiger charge is 2.19.